The lowest BCUT2D eigenvalue weighted by molar-refractivity contribution is 0.101. The van der Waals surface area contributed by atoms with Crippen molar-refractivity contribution in [3.05, 3.63) is 33.0 Å². The second-order valence-corrected chi connectivity index (χ2v) is 6.60. The van der Waals surface area contributed by atoms with E-state index in [0.717, 1.165) is 36.2 Å². The van der Waals surface area contributed by atoms with Crippen LogP contribution in [-0.2, 0) is 19.5 Å². The van der Waals surface area contributed by atoms with Crippen molar-refractivity contribution in [2.75, 3.05) is 11.9 Å². The van der Waals surface area contributed by atoms with Gasteiger partial charge in [-0.1, -0.05) is 0 Å². The van der Waals surface area contributed by atoms with Crippen molar-refractivity contribution in [2.45, 2.75) is 26.4 Å². The van der Waals surface area contributed by atoms with Gasteiger partial charge >= 0.3 is 0 Å². The highest BCUT2D eigenvalue weighted by Gasteiger charge is 2.18. The monoisotopic (exact) mass is 354 g/mol. The highest BCUT2D eigenvalue weighted by Crippen LogP contribution is 2.26. The van der Waals surface area contributed by atoms with Crippen molar-refractivity contribution in [2.24, 2.45) is 0 Å². The number of aromatic nitrogens is 2. The third-order valence-corrected chi connectivity index (χ3v) is 4.71. The zero-order chi connectivity index (χ0) is 14.1. The maximum absolute atomic E-state index is 12.3. The van der Waals surface area contributed by atoms with Crippen molar-refractivity contribution in [3.8, 4) is 0 Å². The first-order valence-electron chi connectivity index (χ1n) is 6.53. The number of fused-ring (bicyclic) bond motifs is 1. The molecule has 5 nitrogen and oxygen atoms in total. The molecule has 0 bridgehead atoms. The molecule has 0 spiro atoms. The van der Waals surface area contributed by atoms with Crippen molar-refractivity contribution in [1.29, 1.82) is 0 Å². The Morgan fingerprint density at radius 1 is 1.65 bits per heavy atom. The predicted molar refractivity (Wildman–Crippen MR) is 83.3 cm³/mol. The summed E-state index contributed by atoms with van der Waals surface area (Å²) in [4.78, 5) is 18.0. The molecule has 0 unspecified atom stereocenters. The van der Waals surface area contributed by atoms with Crippen LogP contribution in [0, 0.1) is 0 Å². The molecule has 2 aromatic rings. The van der Waals surface area contributed by atoms with E-state index in [2.05, 4.69) is 31.5 Å². The molecule has 0 atom stereocenters. The standard InChI is InChI=1S/C13H15BrN4OS/c1-2-18-7-8(14)5-10(18)12(19)17-13-16-9-3-4-15-6-11(9)20-13/h5,7,15H,2-4,6H2,1H3,(H,16,17,19). The van der Waals surface area contributed by atoms with E-state index in [4.69, 9.17) is 0 Å². The van der Waals surface area contributed by atoms with E-state index in [1.807, 2.05) is 23.8 Å². The molecule has 3 rings (SSSR count). The van der Waals surface area contributed by atoms with Crippen LogP contribution in [0.25, 0.3) is 0 Å². The van der Waals surface area contributed by atoms with Gasteiger partial charge in [-0.05, 0) is 28.9 Å². The molecular formula is C13H15BrN4OS. The van der Waals surface area contributed by atoms with Crippen molar-refractivity contribution in [3.63, 3.8) is 0 Å². The van der Waals surface area contributed by atoms with Crippen LogP contribution < -0.4 is 10.6 Å². The second-order valence-electron chi connectivity index (χ2n) is 4.60. The molecule has 0 fully saturated rings. The van der Waals surface area contributed by atoms with Crippen LogP contribution in [0.2, 0.25) is 0 Å². The van der Waals surface area contributed by atoms with Crippen molar-refractivity contribution >= 4 is 38.3 Å². The lowest BCUT2D eigenvalue weighted by Gasteiger charge is -2.09. The summed E-state index contributed by atoms with van der Waals surface area (Å²) >= 11 is 4.95. The molecule has 0 saturated heterocycles. The number of aryl methyl sites for hydroxylation is 1. The molecule has 2 N–H and O–H groups in total. The lowest BCUT2D eigenvalue weighted by Crippen LogP contribution is -2.22. The first-order chi connectivity index (χ1) is 9.67. The molecule has 0 radical (unpaired) electrons. The summed E-state index contributed by atoms with van der Waals surface area (Å²) in [7, 11) is 0. The summed E-state index contributed by atoms with van der Waals surface area (Å²) in [5, 5.41) is 6.89. The van der Waals surface area contributed by atoms with Gasteiger partial charge in [-0.2, -0.15) is 0 Å². The predicted octanol–water partition coefficient (Wildman–Crippen LogP) is 2.62. The van der Waals surface area contributed by atoms with Gasteiger partial charge in [-0.15, -0.1) is 11.3 Å². The number of carbonyl (C=O) groups is 1. The summed E-state index contributed by atoms with van der Waals surface area (Å²) in [6.07, 6.45) is 2.84. The molecule has 1 aliphatic heterocycles. The number of hydrogen-bond acceptors (Lipinski definition) is 4. The van der Waals surface area contributed by atoms with Crippen LogP contribution in [0.1, 0.15) is 28.0 Å². The Labute approximate surface area is 129 Å². The number of thiazole rings is 1. The molecule has 0 aliphatic carbocycles. The van der Waals surface area contributed by atoms with Gasteiger partial charge in [0.05, 0.1) is 5.69 Å². The molecule has 0 saturated carbocycles. The van der Waals surface area contributed by atoms with E-state index in [0.29, 0.717) is 10.8 Å². The Bertz CT molecular complexity index is 625. The van der Waals surface area contributed by atoms with E-state index in [9.17, 15) is 4.79 Å². The van der Waals surface area contributed by atoms with Gasteiger partial charge in [0, 0.05) is 41.6 Å². The highest BCUT2D eigenvalue weighted by atomic mass is 79.9. The Balaban J connectivity index is 1.80. The van der Waals surface area contributed by atoms with Gasteiger partial charge in [0.2, 0.25) is 0 Å². The summed E-state index contributed by atoms with van der Waals surface area (Å²) in [6, 6.07) is 1.83. The molecule has 106 valence electrons. The number of amides is 1. The third kappa shape index (κ3) is 2.65. The smallest absolute Gasteiger partial charge is 0.274 e. The van der Waals surface area contributed by atoms with Crippen LogP contribution >= 0.6 is 27.3 Å². The van der Waals surface area contributed by atoms with Crippen molar-refractivity contribution in [1.82, 2.24) is 14.9 Å². The second kappa shape index (κ2) is 5.67. The first-order valence-corrected chi connectivity index (χ1v) is 8.14. The molecule has 3 heterocycles. The maximum atomic E-state index is 12.3. The van der Waals surface area contributed by atoms with Gasteiger partial charge in [-0.25, -0.2) is 4.98 Å². The number of carbonyl (C=O) groups excluding carboxylic acids is 1. The molecule has 2 aromatic heterocycles. The Morgan fingerprint density at radius 2 is 2.50 bits per heavy atom. The maximum Gasteiger partial charge on any atom is 0.274 e. The fourth-order valence-corrected chi connectivity index (χ4v) is 3.70. The summed E-state index contributed by atoms with van der Waals surface area (Å²) in [6.45, 7) is 4.57. The van der Waals surface area contributed by atoms with Crippen LogP contribution in [0.15, 0.2) is 16.7 Å². The van der Waals surface area contributed by atoms with Crippen LogP contribution in [-0.4, -0.2) is 22.0 Å². The largest absolute Gasteiger partial charge is 0.343 e. The molecule has 1 amide bonds. The molecule has 20 heavy (non-hydrogen) atoms. The number of halogens is 1. The van der Waals surface area contributed by atoms with Crippen LogP contribution in [0.5, 0.6) is 0 Å². The Hall–Kier alpha value is -1.18. The third-order valence-electron chi connectivity index (χ3n) is 3.26. The van der Waals surface area contributed by atoms with Crippen LogP contribution in [0.4, 0.5) is 5.13 Å². The topological polar surface area (TPSA) is 59.0 Å². The average Bonchev–Trinajstić information content (AvgIpc) is 3.00. The number of nitrogens with one attached hydrogen (secondary N) is 2. The fraction of sp³-hybridized carbons (Fsp3) is 0.385. The van der Waals surface area contributed by atoms with Gasteiger partial charge in [-0.3, -0.25) is 10.1 Å². The molecule has 7 heteroatoms. The minimum absolute atomic E-state index is 0.114. The first kappa shape index (κ1) is 13.8. The van der Waals surface area contributed by atoms with Gasteiger partial charge in [0.1, 0.15) is 5.69 Å². The van der Waals surface area contributed by atoms with E-state index in [1.54, 1.807) is 11.3 Å². The number of anilines is 1. The van der Waals surface area contributed by atoms with Gasteiger partial charge in [0.25, 0.3) is 5.91 Å². The quantitative estimate of drug-likeness (QED) is 0.890. The molecule has 1 aliphatic rings. The Kier molecular flexibility index (Phi) is 3.91. The highest BCUT2D eigenvalue weighted by molar-refractivity contribution is 9.10. The average molecular weight is 355 g/mol. The van der Waals surface area contributed by atoms with E-state index in [1.165, 1.54) is 4.88 Å². The number of rotatable bonds is 3. The summed E-state index contributed by atoms with van der Waals surface area (Å²) in [5.41, 5.74) is 1.75. The SMILES string of the molecule is CCn1cc(Br)cc1C(=O)Nc1nc2c(s1)CNCC2. The van der Waals surface area contributed by atoms with Gasteiger partial charge in [0.15, 0.2) is 5.13 Å². The lowest BCUT2D eigenvalue weighted by atomic mass is 10.2. The Morgan fingerprint density at radius 3 is 3.25 bits per heavy atom. The van der Waals surface area contributed by atoms with E-state index in [-0.39, 0.29) is 5.91 Å². The van der Waals surface area contributed by atoms with E-state index < -0.39 is 0 Å². The van der Waals surface area contributed by atoms with Gasteiger partial charge < -0.3 is 9.88 Å². The minimum Gasteiger partial charge on any atom is -0.343 e. The fourth-order valence-electron chi connectivity index (χ4n) is 2.27. The zero-order valence-electron chi connectivity index (χ0n) is 11.1. The summed E-state index contributed by atoms with van der Waals surface area (Å²) in [5.74, 6) is -0.114. The summed E-state index contributed by atoms with van der Waals surface area (Å²) < 4.78 is 2.82. The molecule has 0 aromatic carbocycles. The number of hydrogen-bond donors (Lipinski definition) is 2. The minimum atomic E-state index is -0.114. The van der Waals surface area contributed by atoms with Crippen molar-refractivity contribution < 1.29 is 4.79 Å². The normalized spacial score (nSPS) is 14.1. The van der Waals surface area contributed by atoms with E-state index >= 15 is 0 Å². The van der Waals surface area contributed by atoms with Crippen LogP contribution in [0.3, 0.4) is 0 Å². The number of nitrogens with zero attached hydrogens (tertiary/aromatic N) is 2. The zero-order valence-corrected chi connectivity index (χ0v) is 13.5. The molecular weight excluding hydrogens is 340 g/mol.